The number of benzene rings is 2. The molecule has 0 bridgehead atoms. The molecule has 1 aliphatic carbocycles. The van der Waals surface area contributed by atoms with E-state index in [-0.39, 0.29) is 11.9 Å². The molecule has 2 aromatic carbocycles. The van der Waals surface area contributed by atoms with E-state index in [0.717, 1.165) is 6.42 Å². The van der Waals surface area contributed by atoms with Crippen molar-refractivity contribution in [1.29, 1.82) is 0 Å². The fraction of sp³-hybridized carbons (Fsp3) is 0.480. The number of aryl methyl sites for hydroxylation is 1. The molecule has 1 saturated heterocycles. The summed E-state index contributed by atoms with van der Waals surface area (Å²) in [6.45, 7) is 4.35. The molecule has 4 rings (SSSR count). The van der Waals surface area contributed by atoms with Crippen LogP contribution in [0.4, 0.5) is 0 Å². The van der Waals surface area contributed by atoms with Gasteiger partial charge < -0.3 is 4.90 Å². The van der Waals surface area contributed by atoms with E-state index in [4.69, 9.17) is 23.2 Å². The van der Waals surface area contributed by atoms with Crippen molar-refractivity contribution in [2.75, 3.05) is 20.1 Å². The Morgan fingerprint density at radius 1 is 1.00 bits per heavy atom. The van der Waals surface area contributed by atoms with Crippen molar-refractivity contribution in [3.05, 3.63) is 69.7 Å². The van der Waals surface area contributed by atoms with Crippen LogP contribution in [0.15, 0.2) is 48.5 Å². The van der Waals surface area contributed by atoms with E-state index < -0.39 is 0 Å². The third-order valence-corrected chi connectivity index (χ3v) is 6.99. The van der Waals surface area contributed by atoms with E-state index in [1.807, 2.05) is 31.0 Å². The number of nitrogens with zero attached hydrogens (tertiary/aromatic N) is 2. The van der Waals surface area contributed by atoms with Crippen LogP contribution in [0.5, 0.6) is 0 Å². The number of carbonyl (C=O) groups is 1. The minimum Gasteiger partial charge on any atom is -0.337 e. The third-order valence-electron chi connectivity index (χ3n) is 6.23. The van der Waals surface area contributed by atoms with Gasteiger partial charge in [0.15, 0.2) is 0 Å². The maximum absolute atomic E-state index is 12.4. The number of halogens is 2. The molecule has 0 aromatic heterocycles. The Balaban J connectivity index is 0.000000269. The summed E-state index contributed by atoms with van der Waals surface area (Å²) in [7, 11) is 2.00. The molecule has 2 atom stereocenters. The van der Waals surface area contributed by atoms with Crippen LogP contribution in [0.3, 0.4) is 0 Å². The number of rotatable bonds is 3. The fourth-order valence-electron chi connectivity index (χ4n) is 4.68. The van der Waals surface area contributed by atoms with Crippen LogP contribution in [-0.2, 0) is 11.2 Å². The Labute approximate surface area is 191 Å². The zero-order valence-electron chi connectivity index (χ0n) is 18.0. The maximum Gasteiger partial charge on any atom is 0.222 e. The number of fused-ring (bicyclic) bond motifs is 1. The lowest BCUT2D eigenvalue weighted by Gasteiger charge is -2.39. The Morgan fingerprint density at radius 2 is 1.60 bits per heavy atom. The molecular formula is C25H32Cl2N2O. The molecule has 5 heteroatoms. The summed E-state index contributed by atoms with van der Waals surface area (Å²) in [5.74, 6) is 0.255. The van der Waals surface area contributed by atoms with Crippen molar-refractivity contribution in [3.63, 3.8) is 0 Å². The first-order chi connectivity index (χ1) is 14.5. The lowest BCUT2D eigenvalue weighted by molar-refractivity contribution is -0.133. The average Bonchev–Trinajstić information content (AvgIpc) is 3.23. The van der Waals surface area contributed by atoms with Gasteiger partial charge in [0.25, 0.3) is 0 Å². The van der Waals surface area contributed by atoms with E-state index >= 15 is 0 Å². The smallest absolute Gasteiger partial charge is 0.222 e. The number of likely N-dealkylation sites (N-methyl/N-ethyl adjacent to an activating group) is 1. The van der Waals surface area contributed by atoms with Gasteiger partial charge in [-0.2, -0.15) is 0 Å². The first-order valence-electron chi connectivity index (χ1n) is 11.0. The number of amides is 1. The van der Waals surface area contributed by atoms with Gasteiger partial charge >= 0.3 is 0 Å². The largest absolute Gasteiger partial charge is 0.337 e. The molecule has 0 N–H and O–H groups in total. The van der Waals surface area contributed by atoms with Gasteiger partial charge in [0, 0.05) is 19.5 Å². The highest BCUT2D eigenvalue weighted by atomic mass is 35.5. The minimum atomic E-state index is 0.212. The number of carbonyl (C=O) groups excluding carboxylic acids is 1. The minimum absolute atomic E-state index is 0.212. The van der Waals surface area contributed by atoms with E-state index in [2.05, 4.69) is 29.2 Å². The molecule has 1 heterocycles. The standard InChI is InChI=1S/C19H28N2O.C6H4Cl2/c1-3-18(22)20(2)19-16-11-5-4-9-15(16)10-8-12-17(19)21-13-6-7-14-21;7-5-3-1-2-4-6(5)8/h4-5,9,11,17,19H,3,6-8,10,12-14H2,1-2H3;1-4H. The molecule has 162 valence electrons. The van der Waals surface area contributed by atoms with Crippen LogP contribution < -0.4 is 0 Å². The Bertz CT molecular complexity index is 814. The molecule has 1 aliphatic heterocycles. The predicted molar refractivity (Wildman–Crippen MR) is 126 cm³/mol. The molecular weight excluding hydrogens is 415 g/mol. The summed E-state index contributed by atoms with van der Waals surface area (Å²) >= 11 is 11.2. The molecule has 2 aromatic rings. The summed E-state index contributed by atoms with van der Waals surface area (Å²) in [4.78, 5) is 17.1. The second kappa shape index (κ2) is 11.2. The van der Waals surface area contributed by atoms with E-state index in [0.29, 0.717) is 22.5 Å². The summed E-state index contributed by atoms with van der Waals surface area (Å²) in [5.41, 5.74) is 2.81. The van der Waals surface area contributed by atoms with Crippen LogP contribution >= 0.6 is 23.2 Å². The number of hydrogen-bond acceptors (Lipinski definition) is 2. The van der Waals surface area contributed by atoms with E-state index in [1.54, 1.807) is 12.1 Å². The lowest BCUT2D eigenvalue weighted by Crippen LogP contribution is -2.45. The van der Waals surface area contributed by atoms with Crippen LogP contribution in [0.1, 0.15) is 56.2 Å². The van der Waals surface area contributed by atoms with Crippen molar-refractivity contribution in [2.24, 2.45) is 0 Å². The second-order valence-electron chi connectivity index (χ2n) is 8.12. The van der Waals surface area contributed by atoms with Gasteiger partial charge in [0.05, 0.1) is 16.1 Å². The summed E-state index contributed by atoms with van der Waals surface area (Å²) in [5, 5.41) is 1.21. The predicted octanol–water partition coefficient (Wildman–Crippen LogP) is 6.39. The third kappa shape index (κ3) is 5.57. The lowest BCUT2D eigenvalue weighted by atomic mass is 9.93. The molecule has 3 nitrogen and oxygen atoms in total. The van der Waals surface area contributed by atoms with Gasteiger partial charge in [-0.05, 0) is 68.5 Å². The molecule has 2 aliphatic rings. The molecule has 30 heavy (non-hydrogen) atoms. The van der Waals surface area contributed by atoms with Crippen molar-refractivity contribution in [2.45, 2.75) is 57.5 Å². The quantitative estimate of drug-likeness (QED) is 0.509. The van der Waals surface area contributed by atoms with Crippen molar-refractivity contribution >= 4 is 29.1 Å². The molecule has 1 amide bonds. The molecule has 0 saturated carbocycles. The van der Waals surface area contributed by atoms with Crippen LogP contribution in [0.2, 0.25) is 10.0 Å². The number of hydrogen-bond donors (Lipinski definition) is 0. The second-order valence-corrected chi connectivity index (χ2v) is 8.93. The normalized spacial score (nSPS) is 21.2. The van der Waals surface area contributed by atoms with Crippen LogP contribution in [0, 0.1) is 0 Å². The monoisotopic (exact) mass is 446 g/mol. The zero-order chi connectivity index (χ0) is 21.5. The highest BCUT2D eigenvalue weighted by Crippen LogP contribution is 2.37. The maximum atomic E-state index is 12.4. The van der Waals surface area contributed by atoms with Gasteiger partial charge in [-0.3, -0.25) is 9.69 Å². The van der Waals surface area contributed by atoms with E-state index in [9.17, 15) is 4.79 Å². The van der Waals surface area contributed by atoms with Crippen molar-refractivity contribution in [3.8, 4) is 0 Å². The Hall–Kier alpha value is -1.55. The highest BCUT2D eigenvalue weighted by Gasteiger charge is 2.36. The van der Waals surface area contributed by atoms with E-state index in [1.165, 1.54) is 49.9 Å². The summed E-state index contributed by atoms with van der Waals surface area (Å²) in [6, 6.07) is 16.6. The molecule has 1 fully saturated rings. The first kappa shape index (κ1) is 23.1. The van der Waals surface area contributed by atoms with Gasteiger partial charge in [0.2, 0.25) is 5.91 Å². The summed E-state index contributed by atoms with van der Waals surface area (Å²) in [6.07, 6.45) is 6.75. The van der Waals surface area contributed by atoms with Gasteiger partial charge in [-0.1, -0.05) is 66.5 Å². The summed E-state index contributed by atoms with van der Waals surface area (Å²) < 4.78 is 0. The van der Waals surface area contributed by atoms with Gasteiger partial charge in [-0.25, -0.2) is 0 Å². The topological polar surface area (TPSA) is 23.6 Å². The van der Waals surface area contributed by atoms with Gasteiger partial charge in [-0.15, -0.1) is 0 Å². The number of likely N-dealkylation sites (tertiary alicyclic amines) is 1. The molecule has 0 spiro atoms. The Kier molecular flexibility index (Phi) is 8.61. The molecule has 0 radical (unpaired) electrons. The van der Waals surface area contributed by atoms with Crippen LogP contribution in [-0.4, -0.2) is 41.9 Å². The molecule has 2 unspecified atom stereocenters. The Morgan fingerprint density at radius 3 is 2.20 bits per heavy atom. The SMILES string of the molecule is CCC(=O)N(C)C1c2ccccc2CCCC1N1CCCC1.Clc1ccccc1Cl. The first-order valence-corrected chi connectivity index (χ1v) is 11.8. The van der Waals surface area contributed by atoms with Crippen molar-refractivity contribution < 1.29 is 4.79 Å². The van der Waals surface area contributed by atoms with Crippen LogP contribution in [0.25, 0.3) is 0 Å². The van der Waals surface area contributed by atoms with Crippen molar-refractivity contribution in [1.82, 2.24) is 9.80 Å². The average molecular weight is 447 g/mol. The van der Waals surface area contributed by atoms with Gasteiger partial charge in [0.1, 0.15) is 0 Å². The fourth-order valence-corrected chi connectivity index (χ4v) is 4.95. The zero-order valence-corrected chi connectivity index (χ0v) is 19.5. The highest BCUT2D eigenvalue weighted by molar-refractivity contribution is 6.41.